The molecule has 0 aliphatic rings. The van der Waals surface area contributed by atoms with Crippen LogP contribution < -0.4 is 5.32 Å². The van der Waals surface area contributed by atoms with E-state index in [0.29, 0.717) is 46.1 Å². The number of rotatable bonds is 10. The Morgan fingerprint density at radius 2 is 2.06 bits per heavy atom. The van der Waals surface area contributed by atoms with Gasteiger partial charge in [0, 0.05) is 29.6 Å². The number of aliphatic imine (C=N–C) groups is 1. The lowest BCUT2D eigenvalue weighted by molar-refractivity contribution is 0.622. The van der Waals surface area contributed by atoms with Gasteiger partial charge < -0.3 is 5.32 Å². The minimum atomic E-state index is -0.436. The summed E-state index contributed by atoms with van der Waals surface area (Å²) in [6.45, 7) is 10.6. The van der Waals surface area contributed by atoms with Crippen LogP contribution in [0.1, 0.15) is 46.2 Å². The molecule has 0 fully saturated rings. The van der Waals surface area contributed by atoms with E-state index in [1.54, 1.807) is 6.20 Å². The van der Waals surface area contributed by atoms with E-state index < -0.39 is 5.82 Å². The normalized spacial score (nSPS) is 13.8. The number of hydrogen-bond donors (Lipinski definition) is 1. The third-order valence-electron chi connectivity index (χ3n) is 4.70. The van der Waals surface area contributed by atoms with Gasteiger partial charge in [-0.05, 0) is 56.4 Å². The highest BCUT2D eigenvalue weighted by Gasteiger charge is 2.14. The van der Waals surface area contributed by atoms with Crippen LogP contribution in [0.25, 0.3) is 11.4 Å². The molecular weight excluding hydrogens is 425 g/mol. The maximum atomic E-state index is 13.7. The highest BCUT2D eigenvalue weighted by Crippen LogP contribution is 2.30. The fourth-order valence-electron chi connectivity index (χ4n) is 2.83. The van der Waals surface area contributed by atoms with Crippen molar-refractivity contribution >= 4 is 29.3 Å². The van der Waals surface area contributed by atoms with Crippen LogP contribution >= 0.6 is 11.6 Å². The number of halogens is 2. The molecule has 1 atom stereocenters. The second-order valence-electron chi connectivity index (χ2n) is 7.46. The molecule has 2 aromatic heterocycles. The van der Waals surface area contributed by atoms with Gasteiger partial charge in [0.2, 0.25) is 0 Å². The summed E-state index contributed by atoms with van der Waals surface area (Å²) in [6.07, 6.45) is 14.2. The Bertz CT molecular complexity index is 1030. The summed E-state index contributed by atoms with van der Waals surface area (Å²) >= 11 is 6.28. The number of anilines is 1. The van der Waals surface area contributed by atoms with E-state index >= 15 is 0 Å². The molecule has 2 rings (SSSR count). The topological polar surface area (TPSA) is 63.1 Å². The first kappa shape index (κ1) is 25.4. The van der Waals surface area contributed by atoms with Crippen molar-refractivity contribution < 1.29 is 4.39 Å². The zero-order valence-corrected chi connectivity index (χ0v) is 20.1. The van der Waals surface area contributed by atoms with Crippen LogP contribution in [0.3, 0.4) is 0 Å². The number of pyridine rings is 1. The first-order chi connectivity index (χ1) is 15.4. The van der Waals surface area contributed by atoms with E-state index in [9.17, 15) is 4.39 Å². The van der Waals surface area contributed by atoms with Gasteiger partial charge in [-0.2, -0.15) is 0 Å². The Morgan fingerprint density at radius 3 is 2.72 bits per heavy atom. The molecular formula is C25H31ClFN5. The van der Waals surface area contributed by atoms with E-state index in [4.69, 9.17) is 11.6 Å². The van der Waals surface area contributed by atoms with Gasteiger partial charge in [-0.1, -0.05) is 44.5 Å². The highest BCUT2D eigenvalue weighted by molar-refractivity contribution is 6.31. The Balaban J connectivity index is 2.47. The van der Waals surface area contributed by atoms with E-state index in [-0.39, 0.29) is 0 Å². The SMILES string of the molecule is C\C=C/C(Cl)=C\C(=C\CC)CNc1nc(-c2cncc(F)c2)nc(C)c1N=CC(C)CC. The molecule has 0 bridgehead atoms. The molecule has 0 radical (unpaired) electrons. The first-order valence-corrected chi connectivity index (χ1v) is 11.2. The number of hydrogen-bond acceptors (Lipinski definition) is 5. The summed E-state index contributed by atoms with van der Waals surface area (Å²) < 4.78 is 13.7. The Hall–Kier alpha value is -2.86. The van der Waals surface area contributed by atoms with Gasteiger partial charge in [0.05, 0.1) is 11.9 Å². The second kappa shape index (κ2) is 12.9. The molecule has 7 heteroatoms. The van der Waals surface area contributed by atoms with Gasteiger partial charge in [0.25, 0.3) is 0 Å². The van der Waals surface area contributed by atoms with Gasteiger partial charge >= 0.3 is 0 Å². The monoisotopic (exact) mass is 455 g/mol. The van der Waals surface area contributed by atoms with Crippen molar-refractivity contribution in [1.82, 2.24) is 15.0 Å². The summed E-state index contributed by atoms with van der Waals surface area (Å²) in [5.41, 5.74) is 2.90. The Labute approximate surface area is 195 Å². The van der Waals surface area contributed by atoms with Gasteiger partial charge in [-0.15, -0.1) is 0 Å². The van der Waals surface area contributed by atoms with Crippen LogP contribution in [0.4, 0.5) is 15.9 Å². The van der Waals surface area contributed by atoms with Crippen LogP contribution in [0, 0.1) is 18.7 Å². The van der Waals surface area contributed by atoms with Gasteiger partial charge in [-0.25, -0.2) is 14.4 Å². The lowest BCUT2D eigenvalue weighted by Gasteiger charge is -2.13. The van der Waals surface area contributed by atoms with Crippen LogP contribution in [0.2, 0.25) is 0 Å². The largest absolute Gasteiger partial charge is 0.364 e. The Morgan fingerprint density at radius 1 is 1.28 bits per heavy atom. The zero-order valence-electron chi connectivity index (χ0n) is 19.4. The van der Waals surface area contributed by atoms with Crippen molar-refractivity contribution in [3.63, 3.8) is 0 Å². The number of nitrogens with one attached hydrogen (secondary N) is 1. The van der Waals surface area contributed by atoms with Crippen molar-refractivity contribution in [3.05, 3.63) is 64.9 Å². The third-order valence-corrected chi connectivity index (χ3v) is 4.93. The number of nitrogens with zero attached hydrogens (tertiary/aromatic N) is 4. The lowest BCUT2D eigenvalue weighted by atomic mass is 10.1. The van der Waals surface area contributed by atoms with Crippen molar-refractivity contribution in [2.24, 2.45) is 10.9 Å². The maximum absolute atomic E-state index is 13.7. The van der Waals surface area contributed by atoms with E-state index in [2.05, 4.69) is 52.1 Å². The summed E-state index contributed by atoms with van der Waals surface area (Å²) in [4.78, 5) is 17.8. The van der Waals surface area contributed by atoms with Crippen molar-refractivity contribution in [3.8, 4) is 11.4 Å². The van der Waals surface area contributed by atoms with Gasteiger partial charge in [0.15, 0.2) is 11.6 Å². The highest BCUT2D eigenvalue weighted by atomic mass is 35.5. The van der Waals surface area contributed by atoms with Crippen LogP contribution in [0.5, 0.6) is 0 Å². The van der Waals surface area contributed by atoms with Crippen molar-refractivity contribution in [2.75, 3.05) is 11.9 Å². The number of allylic oxidation sites excluding steroid dienone is 4. The molecule has 2 aromatic rings. The molecule has 1 N–H and O–H groups in total. The minimum Gasteiger partial charge on any atom is -0.364 e. The molecule has 170 valence electrons. The molecule has 32 heavy (non-hydrogen) atoms. The third kappa shape index (κ3) is 7.68. The minimum absolute atomic E-state index is 0.326. The fraction of sp³-hybridized carbons (Fsp3) is 0.360. The molecule has 0 amide bonds. The molecule has 5 nitrogen and oxygen atoms in total. The van der Waals surface area contributed by atoms with Crippen molar-refractivity contribution in [1.29, 1.82) is 0 Å². The number of aryl methyl sites for hydroxylation is 1. The second-order valence-corrected chi connectivity index (χ2v) is 7.89. The first-order valence-electron chi connectivity index (χ1n) is 10.8. The standard InChI is InChI=1S/C25H31ClFN5/c1-6-9-19(11-21(26)10-7-2)14-30-25-23(29-13-17(4)8-3)18(5)31-24(32-25)20-12-22(27)16-28-15-20/h7,9-13,15-17H,6,8,14H2,1-5H3,(H,30,31,32)/b10-7-,19-9-,21-11+,29-13?. The van der Waals surface area contributed by atoms with Crippen molar-refractivity contribution in [2.45, 2.75) is 47.5 Å². The summed E-state index contributed by atoms with van der Waals surface area (Å²) in [5, 5.41) is 4.03. The molecule has 0 aromatic carbocycles. The molecule has 0 saturated heterocycles. The molecule has 0 aliphatic carbocycles. The molecule has 0 saturated carbocycles. The zero-order chi connectivity index (χ0) is 23.5. The van der Waals surface area contributed by atoms with E-state index in [0.717, 1.165) is 24.6 Å². The smallest absolute Gasteiger partial charge is 0.163 e. The molecule has 0 aliphatic heterocycles. The summed E-state index contributed by atoms with van der Waals surface area (Å²) in [5.74, 6) is 0.860. The predicted octanol–water partition coefficient (Wildman–Crippen LogP) is 7.18. The van der Waals surface area contributed by atoms with Crippen LogP contribution in [0.15, 0.2) is 58.4 Å². The van der Waals surface area contributed by atoms with Gasteiger partial charge in [-0.3, -0.25) is 9.98 Å². The summed E-state index contributed by atoms with van der Waals surface area (Å²) in [7, 11) is 0. The summed E-state index contributed by atoms with van der Waals surface area (Å²) in [6, 6.07) is 1.37. The fourth-order valence-corrected chi connectivity index (χ4v) is 3.10. The maximum Gasteiger partial charge on any atom is 0.163 e. The number of aromatic nitrogens is 3. The molecule has 0 spiro atoms. The average molecular weight is 456 g/mol. The lowest BCUT2D eigenvalue weighted by Crippen LogP contribution is -2.08. The predicted molar refractivity (Wildman–Crippen MR) is 133 cm³/mol. The molecule has 1 unspecified atom stereocenters. The molecule has 2 heterocycles. The van der Waals surface area contributed by atoms with E-state index in [1.165, 1.54) is 6.07 Å². The Kier molecular flexibility index (Phi) is 10.2. The van der Waals surface area contributed by atoms with Crippen LogP contribution in [-0.4, -0.2) is 27.7 Å². The van der Waals surface area contributed by atoms with Gasteiger partial charge in [0.1, 0.15) is 11.5 Å². The van der Waals surface area contributed by atoms with Crippen LogP contribution in [-0.2, 0) is 0 Å². The van der Waals surface area contributed by atoms with E-state index in [1.807, 2.05) is 38.3 Å². The quantitative estimate of drug-likeness (QED) is 0.304. The average Bonchev–Trinajstić information content (AvgIpc) is 2.76.